The highest BCUT2D eigenvalue weighted by Gasteiger charge is 2.46. The minimum atomic E-state index is -0.681. The molecule has 1 aliphatic heterocycles. The van der Waals surface area contributed by atoms with E-state index in [0.29, 0.717) is 5.56 Å². The zero-order valence-electron chi connectivity index (χ0n) is 15.3. The lowest BCUT2D eigenvalue weighted by molar-refractivity contribution is -0.124. The third kappa shape index (κ3) is 3.91. The van der Waals surface area contributed by atoms with E-state index in [4.69, 9.17) is 16.3 Å². The third-order valence-corrected chi connectivity index (χ3v) is 5.01. The fraction of sp³-hybridized carbons (Fsp3) is 0.0870. The molecule has 6 heteroatoms. The molecule has 0 unspecified atom stereocenters. The molecule has 0 saturated carbocycles. The van der Waals surface area contributed by atoms with Crippen LogP contribution in [0.1, 0.15) is 28.8 Å². The Balaban J connectivity index is 1.69. The Morgan fingerprint density at radius 2 is 1.62 bits per heavy atom. The van der Waals surface area contributed by atoms with Crippen molar-refractivity contribution in [2.24, 2.45) is 0 Å². The number of amides is 2. The van der Waals surface area contributed by atoms with Crippen LogP contribution in [0.2, 0.25) is 5.15 Å². The number of rotatable bonds is 4. The van der Waals surface area contributed by atoms with Crippen molar-refractivity contribution >= 4 is 29.7 Å². The van der Waals surface area contributed by atoms with Gasteiger partial charge in [-0.15, -0.1) is 0 Å². The van der Waals surface area contributed by atoms with E-state index in [1.807, 2.05) is 60.7 Å². The molecule has 0 spiro atoms. The average Bonchev–Trinajstić information content (AvgIpc) is 3.11. The molecule has 1 fully saturated rings. The topological polar surface area (TPSA) is 59.5 Å². The van der Waals surface area contributed by atoms with Crippen molar-refractivity contribution < 1.29 is 14.3 Å². The summed E-state index contributed by atoms with van der Waals surface area (Å²) in [6.45, 7) is 0. The predicted octanol–water partition coefficient (Wildman–Crippen LogP) is 5.21. The maximum Gasteiger partial charge on any atom is 0.418 e. The van der Waals surface area contributed by atoms with E-state index in [-0.39, 0.29) is 5.15 Å². The minimum Gasteiger partial charge on any atom is -0.438 e. The molecule has 0 radical (unpaired) electrons. The van der Waals surface area contributed by atoms with Crippen molar-refractivity contribution in [3.63, 3.8) is 0 Å². The van der Waals surface area contributed by atoms with Gasteiger partial charge in [-0.3, -0.25) is 4.79 Å². The number of carbonyl (C=O) groups is 2. The van der Waals surface area contributed by atoms with Crippen LogP contribution in [0.4, 0.5) is 4.79 Å². The minimum absolute atomic E-state index is 0.280. The molecule has 144 valence electrons. The molecule has 1 aliphatic rings. The molecule has 0 N–H and O–H groups in total. The Bertz CT molecular complexity index is 1050. The van der Waals surface area contributed by atoms with Gasteiger partial charge >= 0.3 is 6.09 Å². The van der Waals surface area contributed by atoms with Crippen LogP contribution in [0.15, 0.2) is 85.1 Å². The van der Waals surface area contributed by atoms with Crippen LogP contribution in [-0.4, -0.2) is 21.9 Å². The molecular formula is C23H17ClN2O3. The second-order valence-electron chi connectivity index (χ2n) is 6.50. The van der Waals surface area contributed by atoms with Crippen LogP contribution in [0.25, 0.3) is 6.08 Å². The number of imide groups is 1. The quantitative estimate of drug-likeness (QED) is 0.442. The first-order valence-corrected chi connectivity index (χ1v) is 9.45. The summed E-state index contributed by atoms with van der Waals surface area (Å²) in [6, 6.07) is 21.7. The Morgan fingerprint density at radius 3 is 2.28 bits per heavy atom. The highest BCUT2D eigenvalue weighted by atomic mass is 35.5. The maximum absolute atomic E-state index is 13.0. The lowest BCUT2D eigenvalue weighted by atomic mass is 9.95. The summed E-state index contributed by atoms with van der Waals surface area (Å²) in [6.07, 6.45) is 3.15. The van der Waals surface area contributed by atoms with Gasteiger partial charge in [-0.25, -0.2) is 14.7 Å². The molecule has 2 aromatic carbocycles. The molecule has 2 amide bonds. The molecular weight excluding hydrogens is 388 g/mol. The van der Waals surface area contributed by atoms with E-state index in [1.165, 1.54) is 6.08 Å². The number of halogens is 1. The molecule has 29 heavy (non-hydrogen) atoms. The summed E-state index contributed by atoms with van der Waals surface area (Å²) in [5.74, 6) is -0.484. The van der Waals surface area contributed by atoms with Gasteiger partial charge in [0.05, 0.1) is 0 Å². The molecule has 1 aromatic heterocycles. The van der Waals surface area contributed by atoms with E-state index >= 15 is 0 Å². The Labute approximate surface area is 173 Å². The molecule has 3 aromatic rings. The number of hydrogen-bond acceptors (Lipinski definition) is 4. The van der Waals surface area contributed by atoms with Gasteiger partial charge in [0.1, 0.15) is 11.2 Å². The van der Waals surface area contributed by atoms with Crippen LogP contribution >= 0.6 is 11.6 Å². The number of hydrogen-bond donors (Lipinski definition) is 0. The third-order valence-electron chi connectivity index (χ3n) is 4.69. The Kier molecular flexibility index (Phi) is 5.40. The highest BCUT2D eigenvalue weighted by molar-refractivity contribution is 6.30. The smallest absolute Gasteiger partial charge is 0.418 e. The van der Waals surface area contributed by atoms with Gasteiger partial charge < -0.3 is 4.74 Å². The van der Waals surface area contributed by atoms with Crippen molar-refractivity contribution in [3.05, 3.63) is 107 Å². The summed E-state index contributed by atoms with van der Waals surface area (Å²) in [7, 11) is 0. The van der Waals surface area contributed by atoms with E-state index in [0.717, 1.165) is 16.0 Å². The maximum atomic E-state index is 13.0. The Hall–Kier alpha value is -3.44. The molecule has 0 bridgehead atoms. The van der Waals surface area contributed by atoms with E-state index in [1.54, 1.807) is 24.4 Å². The first-order chi connectivity index (χ1) is 14.1. The number of pyridine rings is 1. The lowest BCUT2D eigenvalue weighted by Crippen LogP contribution is -2.33. The number of nitrogens with zero attached hydrogens (tertiary/aromatic N) is 2. The second kappa shape index (κ2) is 8.29. The summed E-state index contributed by atoms with van der Waals surface area (Å²) < 4.78 is 5.62. The Morgan fingerprint density at radius 1 is 0.966 bits per heavy atom. The zero-order valence-corrected chi connectivity index (χ0v) is 16.1. The number of carbonyl (C=O) groups excluding carboxylic acids is 2. The van der Waals surface area contributed by atoms with E-state index < -0.39 is 24.1 Å². The molecule has 0 aliphatic carbocycles. The van der Waals surface area contributed by atoms with Crippen molar-refractivity contribution in [2.75, 3.05) is 0 Å². The largest absolute Gasteiger partial charge is 0.438 e. The fourth-order valence-electron chi connectivity index (χ4n) is 3.34. The van der Waals surface area contributed by atoms with Crippen LogP contribution in [-0.2, 0) is 9.53 Å². The van der Waals surface area contributed by atoms with Gasteiger partial charge in [0, 0.05) is 17.8 Å². The summed E-state index contributed by atoms with van der Waals surface area (Å²) in [5.41, 5.74) is 2.23. The number of benzene rings is 2. The van der Waals surface area contributed by atoms with Gasteiger partial charge in [0.15, 0.2) is 6.10 Å². The van der Waals surface area contributed by atoms with Crippen molar-refractivity contribution in [3.8, 4) is 0 Å². The van der Waals surface area contributed by atoms with Gasteiger partial charge in [-0.1, -0.05) is 78.3 Å². The van der Waals surface area contributed by atoms with E-state index in [9.17, 15) is 9.59 Å². The van der Waals surface area contributed by atoms with Crippen LogP contribution in [0, 0.1) is 0 Å². The van der Waals surface area contributed by atoms with Crippen molar-refractivity contribution in [1.82, 2.24) is 9.88 Å². The molecule has 5 nitrogen and oxygen atoms in total. The SMILES string of the molecule is O=C(/C=C/c1cccnc1Cl)N1C(=O)O[C@@H](c2ccccc2)[C@H]1c1ccccc1. The molecule has 2 atom stereocenters. The van der Waals surface area contributed by atoms with Crippen LogP contribution < -0.4 is 0 Å². The van der Waals surface area contributed by atoms with Gasteiger partial charge in [0.25, 0.3) is 5.91 Å². The first kappa shape index (κ1) is 18.9. The number of aromatic nitrogens is 1. The number of ether oxygens (including phenoxy) is 1. The molecule has 1 saturated heterocycles. The molecule has 2 heterocycles. The van der Waals surface area contributed by atoms with Gasteiger partial charge in [-0.2, -0.15) is 0 Å². The lowest BCUT2D eigenvalue weighted by Gasteiger charge is -2.23. The second-order valence-corrected chi connectivity index (χ2v) is 6.85. The number of cyclic esters (lactones) is 1. The van der Waals surface area contributed by atoms with Gasteiger partial charge in [-0.05, 0) is 23.3 Å². The summed E-state index contributed by atoms with van der Waals surface area (Å²) in [5, 5.41) is 0.280. The highest BCUT2D eigenvalue weighted by Crippen LogP contribution is 2.43. The normalized spacial score (nSPS) is 18.8. The van der Waals surface area contributed by atoms with Gasteiger partial charge in [0.2, 0.25) is 0 Å². The first-order valence-electron chi connectivity index (χ1n) is 9.07. The van der Waals surface area contributed by atoms with Crippen LogP contribution in [0.3, 0.4) is 0 Å². The zero-order chi connectivity index (χ0) is 20.2. The standard InChI is InChI=1S/C23H17ClN2O3/c24-22-18(12-7-15-25-22)13-14-19(27)26-20(16-8-3-1-4-9-16)21(29-23(26)28)17-10-5-2-6-11-17/h1-15,20-21H/b14-13+/t20-,21+/m1/s1. The average molecular weight is 405 g/mol. The predicted molar refractivity (Wildman–Crippen MR) is 110 cm³/mol. The van der Waals surface area contributed by atoms with E-state index in [2.05, 4.69) is 4.98 Å². The fourth-order valence-corrected chi connectivity index (χ4v) is 3.52. The van der Waals surface area contributed by atoms with Crippen molar-refractivity contribution in [2.45, 2.75) is 12.1 Å². The monoisotopic (exact) mass is 404 g/mol. The molecule has 4 rings (SSSR count). The van der Waals surface area contributed by atoms with Crippen molar-refractivity contribution in [1.29, 1.82) is 0 Å². The van der Waals surface area contributed by atoms with Crippen LogP contribution in [0.5, 0.6) is 0 Å². The summed E-state index contributed by atoms with van der Waals surface area (Å²) in [4.78, 5) is 30.8. The summed E-state index contributed by atoms with van der Waals surface area (Å²) >= 11 is 6.04.